The third kappa shape index (κ3) is 3.61. The minimum atomic E-state index is -0.200. The lowest BCUT2D eigenvalue weighted by molar-refractivity contribution is 0.194. The second-order valence-electron chi connectivity index (χ2n) is 8.18. The van der Waals surface area contributed by atoms with Crippen molar-refractivity contribution >= 4 is 11.7 Å². The third-order valence-electron chi connectivity index (χ3n) is 5.81. The minimum absolute atomic E-state index is 0.108. The molecule has 0 saturated heterocycles. The molecule has 0 bridgehead atoms. The molecule has 0 spiro atoms. The number of hydrogen-bond donors (Lipinski definition) is 1. The lowest BCUT2D eigenvalue weighted by Crippen LogP contribution is -2.37. The largest absolute Gasteiger partial charge is 0.322 e. The van der Waals surface area contributed by atoms with Gasteiger partial charge < -0.3 is 14.8 Å². The summed E-state index contributed by atoms with van der Waals surface area (Å²) >= 11 is 0. The molecule has 31 heavy (non-hydrogen) atoms. The number of amides is 2. The SMILES string of the molecule is Cc1cc(C)cc(NC(=O)N2Cc3ccccc3-n3cccc3[C@@H]2c2ccccc2)c1. The molecule has 0 saturated carbocycles. The lowest BCUT2D eigenvalue weighted by Gasteiger charge is -2.31. The van der Waals surface area contributed by atoms with Crippen molar-refractivity contribution < 1.29 is 4.79 Å². The molecule has 4 nitrogen and oxygen atoms in total. The van der Waals surface area contributed by atoms with E-state index < -0.39 is 0 Å². The van der Waals surface area contributed by atoms with E-state index in [0.717, 1.165) is 39.3 Å². The number of nitrogens with one attached hydrogen (secondary N) is 1. The molecule has 0 fully saturated rings. The fraction of sp³-hybridized carbons (Fsp3) is 0.148. The number of rotatable bonds is 2. The zero-order valence-corrected chi connectivity index (χ0v) is 17.7. The van der Waals surface area contributed by atoms with Crippen LogP contribution in [0.4, 0.5) is 10.5 Å². The zero-order chi connectivity index (χ0) is 21.4. The molecule has 5 rings (SSSR count). The fourth-order valence-corrected chi connectivity index (χ4v) is 4.57. The minimum Gasteiger partial charge on any atom is -0.318 e. The van der Waals surface area contributed by atoms with Crippen LogP contribution in [-0.4, -0.2) is 15.5 Å². The van der Waals surface area contributed by atoms with E-state index in [9.17, 15) is 4.79 Å². The molecule has 2 heterocycles. The van der Waals surface area contributed by atoms with E-state index in [2.05, 4.69) is 52.5 Å². The van der Waals surface area contributed by atoms with Gasteiger partial charge in [-0.1, -0.05) is 54.6 Å². The van der Waals surface area contributed by atoms with Crippen molar-refractivity contribution in [1.29, 1.82) is 0 Å². The molecule has 4 heteroatoms. The number of aryl methyl sites for hydroxylation is 2. The van der Waals surface area contributed by atoms with E-state index in [0.29, 0.717) is 6.54 Å². The Morgan fingerprint density at radius 1 is 0.871 bits per heavy atom. The Bertz CT molecular complexity index is 1220. The summed E-state index contributed by atoms with van der Waals surface area (Å²) in [4.78, 5) is 15.6. The van der Waals surface area contributed by atoms with Gasteiger partial charge in [-0.25, -0.2) is 4.79 Å². The number of para-hydroxylation sites is 1. The van der Waals surface area contributed by atoms with Crippen LogP contribution in [0.3, 0.4) is 0 Å². The summed E-state index contributed by atoms with van der Waals surface area (Å²) in [5.41, 5.74) is 7.48. The normalized spacial score (nSPS) is 15.0. The van der Waals surface area contributed by atoms with Crippen molar-refractivity contribution in [3.8, 4) is 5.69 Å². The highest BCUT2D eigenvalue weighted by Crippen LogP contribution is 2.36. The third-order valence-corrected chi connectivity index (χ3v) is 5.81. The van der Waals surface area contributed by atoms with Crippen molar-refractivity contribution in [3.05, 3.63) is 119 Å². The Morgan fingerprint density at radius 3 is 2.35 bits per heavy atom. The molecule has 3 aromatic carbocycles. The highest BCUT2D eigenvalue weighted by molar-refractivity contribution is 5.90. The summed E-state index contributed by atoms with van der Waals surface area (Å²) in [5.74, 6) is 0. The molecule has 1 N–H and O–H groups in total. The van der Waals surface area contributed by atoms with Crippen LogP contribution < -0.4 is 5.32 Å². The Labute approximate surface area is 182 Å². The van der Waals surface area contributed by atoms with Gasteiger partial charge in [-0.2, -0.15) is 0 Å². The van der Waals surface area contributed by atoms with Crippen molar-refractivity contribution in [2.75, 3.05) is 5.32 Å². The molecule has 1 aliphatic heterocycles. The van der Waals surface area contributed by atoms with E-state index in [-0.39, 0.29) is 12.1 Å². The monoisotopic (exact) mass is 407 g/mol. The van der Waals surface area contributed by atoms with Crippen LogP contribution in [0, 0.1) is 13.8 Å². The quantitative estimate of drug-likeness (QED) is 0.420. The van der Waals surface area contributed by atoms with E-state index in [1.54, 1.807) is 0 Å². The molecular weight excluding hydrogens is 382 g/mol. The molecular formula is C27H25N3O. The van der Waals surface area contributed by atoms with Crippen LogP contribution in [0.2, 0.25) is 0 Å². The number of carbonyl (C=O) groups is 1. The smallest absolute Gasteiger partial charge is 0.318 e. The first-order chi connectivity index (χ1) is 15.1. The lowest BCUT2D eigenvalue weighted by atomic mass is 10.0. The van der Waals surface area contributed by atoms with Crippen molar-refractivity contribution in [1.82, 2.24) is 9.47 Å². The van der Waals surface area contributed by atoms with Crippen molar-refractivity contribution in [2.24, 2.45) is 0 Å². The van der Waals surface area contributed by atoms with Crippen LogP contribution in [0.15, 0.2) is 91.1 Å². The summed E-state index contributed by atoms with van der Waals surface area (Å²) < 4.78 is 2.21. The van der Waals surface area contributed by atoms with Gasteiger partial charge in [-0.15, -0.1) is 0 Å². The fourth-order valence-electron chi connectivity index (χ4n) is 4.57. The van der Waals surface area contributed by atoms with E-state index in [1.165, 1.54) is 0 Å². The highest BCUT2D eigenvalue weighted by atomic mass is 16.2. The van der Waals surface area contributed by atoms with E-state index in [4.69, 9.17) is 0 Å². The molecule has 0 radical (unpaired) electrons. The van der Waals surface area contributed by atoms with E-state index >= 15 is 0 Å². The average Bonchev–Trinajstić information content (AvgIpc) is 3.18. The number of benzene rings is 3. The molecule has 1 atom stereocenters. The molecule has 0 aliphatic carbocycles. The van der Waals surface area contributed by atoms with Gasteiger partial charge in [-0.3, -0.25) is 0 Å². The van der Waals surface area contributed by atoms with Crippen LogP contribution in [-0.2, 0) is 6.54 Å². The van der Waals surface area contributed by atoms with Gasteiger partial charge >= 0.3 is 6.03 Å². The number of anilines is 1. The number of nitrogens with zero attached hydrogens (tertiary/aromatic N) is 2. The second kappa shape index (κ2) is 7.80. The Balaban J connectivity index is 1.62. The first-order valence-corrected chi connectivity index (χ1v) is 10.6. The van der Waals surface area contributed by atoms with Crippen molar-refractivity contribution in [3.63, 3.8) is 0 Å². The van der Waals surface area contributed by atoms with Crippen LogP contribution in [0.25, 0.3) is 5.69 Å². The summed E-state index contributed by atoms with van der Waals surface area (Å²) in [5, 5.41) is 3.15. The van der Waals surface area contributed by atoms with Gasteiger partial charge in [0.25, 0.3) is 0 Å². The predicted molar refractivity (Wildman–Crippen MR) is 125 cm³/mol. The number of hydrogen-bond acceptors (Lipinski definition) is 1. The Morgan fingerprint density at radius 2 is 1.58 bits per heavy atom. The predicted octanol–water partition coefficient (Wildman–Crippen LogP) is 6.23. The molecule has 1 aromatic heterocycles. The number of urea groups is 1. The highest BCUT2D eigenvalue weighted by Gasteiger charge is 2.32. The molecule has 154 valence electrons. The molecule has 1 aliphatic rings. The van der Waals surface area contributed by atoms with Gasteiger partial charge in [0.05, 0.1) is 18.3 Å². The maximum absolute atomic E-state index is 13.7. The number of carbonyl (C=O) groups excluding carboxylic acids is 1. The first-order valence-electron chi connectivity index (χ1n) is 10.6. The maximum atomic E-state index is 13.7. The van der Waals surface area contributed by atoms with Crippen LogP contribution >= 0.6 is 0 Å². The number of aromatic nitrogens is 1. The second-order valence-corrected chi connectivity index (χ2v) is 8.18. The Hall–Kier alpha value is -3.79. The number of fused-ring (bicyclic) bond motifs is 3. The van der Waals surface area contributed by atoms with Gasteiger partial charge in [0.2, 0.25) is 0 Å². The average molecular weight is 408 g/mol. The van der Waals surface area contributed by atoms with Crippen molar-refractivity contribution in [2.45, 2.75) is 26.4 Å². The molecule has 4 aromatic rings. The first kappa shape index (κ1) is 19.2. The molecule has 0 unspecified atom stereocenters. The summed E-state index contributed by atoms with van der Waals surface area (Å²) in [6, 6.07) is 28.5. The van der Waals surface area contributed by atoms with Gasteiger partial charge in [0.15, 0.2) is 0 Å². The Kier molecular flexibility index (Phi) is 4.83. The zero-order valence-electron chi connectivity index (χ0n) is 17.7. The van der Waals surface area contributed by atoms with Gasteiger partial charge in [0, 0.05) is 17.6 Å². The standard InChI is InChI=1S/C27H25N3O/c1-19-15-20(2)17-23(16-19)28-27(31)30-18-22-11-6-7-12-24(22)29-14-8-13-25(29)26(30)21-9-4-3-5-10-21/h3-17,26H,18H2,1-2H3,(H,28,31)/t26-/m0/s1. The summed E-state index contributed by atoms with van der Waals surface area (Å²) in [6.45, 7) is 4.61. The summed E-state index contributed by atoms with van der Waals surface area (Å²) in [7, 11) is 0. The van der Waals surface area contributed by atoms with Gasteiger partial charge in [0.1, 0.15) is 0 Å². The van der Waals surface area contributed by atoms with Crippen LogP contribution in [0.1, 0.15) is 34.0 Å². The van der Waals surface area contributed by atoms with Gasteiger partial charge in [-0.05, 0) is 66.4 Å². The van der Waals surface area contributed by atoms with Crippen LogP contribution in [0.5, 0.6) is 0 Å². The summed E-state index contributed by atoms with van der Waals surface area (Å²) in [6.07, 6.45) is 2.08. The molecule has 2 amide bonds. The topological polar surface area (TPSA) is 37.3 Å². The van der Waals surface area contributed by atoms with E-state index in [1.807, 2.05) is 67.3 Å². The maximum Gasteiger partial charge on any atom is 0.322 e.